The number of phenols is 1. The van der Waals surface area contributed by atoms with Gasteiger partial charge >= 0.3 is 0 Å². The zero-order valence-corrected chi connectivity index (χ0v) is 44.3. The number of aromatic hydroxyl groups is 1. The maximum Gasteiger partial charge on any atom is 0.148 e. The van der Waals surface area contributed by atoms with E-state index >= 15 is 0 Å². The molecule has 346 valence electrons. The van der Waals surface area contributed by atoms with Crippen LogP contribution in [0.4, 0.5) is 0 Å². The summed E-state index contributed by atoms with van der Waals surface area (Å²) in [6.07, 6.45) is 1.70. The molecule has 5 nitrogen and oxygen atoms in total. The van der Waals surface area contributed by atoms with Gasteiger partial charge in [-0.25, -0.2) is 9.97 Å². The molecule has 0 atom stereocenters. The Hall–Kier alpha value is -5.94. The minimum absolute atomic E-state index is 0. The van der Waals surface area contributed by atoms with Crippen molar-refractivity contribution in [1.82, 2.24) is 19.5 Å². The zero-order chi connectivity index (χ0) is 47.4. The Bertz CT molecular complexity index is 3570. The van der Waals surface area contributed by atoms with Crippen molar-refractivity contribution in [2.45, 2.75) is 105 Å². The summed E-state index contributed by atoms with van der Waals surface area (Å²) in [5.41, 5.74) is 13.9. The van der Waals surface area contributed by atoms with Crippen LogP contribution in [-0.4, -0.2) is 24.6 Å². The number of benzene rings is 7. The number of rotatable bonds is 5. The zero-order valence-electron chi connectivity index (χ0n) is 41.2. The molecule has 68 heavy (non-hydrogen) atoms. The molecule has 0 fully saturated rings. The number of thiophene rings is 1. The first-order valence-electron chi connectivity index (χ1n) is 23.4. The van der Waals surface area contributed by atoms with Crippen molar-refractivity contribution in [3.05, 3.63) is 162 Å². The summed E-state index contributed by atoms with van der Waals surface area (Å²) < 4.78 is 4.54. The predicted octanol–water partition coefficient (Wildman–Crippen LogP) is 16.7. The first kappa shape index (κ1) is 47.1. The van der Waals surface area contributed by atoms with E-state index in [2.05, 4.69) is 221 Å². The van der Waals surface area contributed by atoms with E-state index in [1.165, 1.54) is 26.6 Å². The summed E-state index contributed by atoms with van der Waals surface area (Å²) in [4.78, 5) is 15.6. The van der Waals surface area contributed by atoms with Crippen LogP contribution < -0.4 is 0 Å². The Labute approximate surface area is 419 Å². The summed E-state index contributed by atoms with van der Waals surface area (Å²) in [6.45, 7) is 26.8. The van der Waals surface area contributed by atoms with Crippen molar-refractivity contribution in [2.75, 3.05) is 0 Å². The largest absolute Gasteiger partial charge is 0.507 e. The topological polar surface area (TPSA) is 63.8 Å². The average Bonchev–Trinajstić information content (AvgIpc) is 3.87. The van der Waals surface area contributed by atoms with Gasteiger partial charge in [-0.2, -0.15) is 0 Å². The molecule has 10 rings (SSSR count). The van der Waals surface area contributed by atoms with Gasteiger partial charge in [0.05, 0.1) is 27.8 Å². The predicted molar refractivity (Wildman–Crippen MR) is 284 cm³/mol. The minimum Gasteiger partial charge on any atom is -0.507 e. The molecular weight excluding hydrogens is 1030 g/mol. The van der Waals surface area contributed by atoms with E-state index in [0.29, 0.717) is 11.4 Å². The van der Waals surface area contributed by atoms with Crippen LogP contribution in [0.15, 0.2) is 134 Å². The van der Waals surface area contributed by atoms with E-state index in [0.717, 1.165) is 77.0 Å². The molecular formula is C61H59N4OPtS-. The van der Waals surface area contributed by atoms with Crippen molar-refractivity contribution in [2.24, 2.45) is 0 Å². The molecule has 0 unspecified atom stereocenters. The van der Waals surface area contributed by atoms with Crippen LogP contribution >= 0.6 is 11.3 Å². The fourth-order valence-electron chi connectivity index (χ4n) is 9.37. The fraction of sp³-hybridized carbons (Fsp3) is 0.262. The van der Waals surface area contributed by atoms with Gasteiger partial charge in [-0.3, -0.25) is 9.55 Å². The Balaban J connectivity index is 0.00000578. The fourth-order valence-corrected chi connectivity index (χ4v) is 10.7. The van der Waals surface area contributed by atoms with E-state index in [9.17, 15) is 5.11 Å². The van der Waals surface area contributed by atoms with Gasteiger partial charge in [-0.1, -0.05) is 185 Å². The van der Waals surface area contributed by atoms with Crippen LogP contribution in [0, 0.1) is 6.07 Å². The van der Waals surface area contributed by atoms with Gasteiger partial charge in [0, 0.05) is 52.7 Å². The number of aromatic nitrogens is 4. The normalized spacial score (nSPS) is 12.6. The number of para-hydroxylation sites is 1. The smallest absolute Gasteiger partial charge is 0.148 e. The second kappa shape index (κ2) is 16.9. The minimum atomic E-state index is -0.335. The third-order valence-corrected chi connectivity index (χ3v) is 14.6. The van der Waals surface area contributed by atoms with E-state index < -0.39 is 0 Å². The standard InChI is InChI=1S/C61H59N4OS.Pt/c1-58(2,3)40-26-28-49(46(32-40)36-19-14-13-15-20-36)65-50-24-18-23-43(52(50)64-57(65)47-33-42(60(7,8)9)34-48(54(47)66)61(10,11)12)38-29-39(31-41(30-38)59(4,5)6)51-56-53(63-35-62-51)45-27-25-37-21-16-17-22-44(37)55(45)67-56;/h13-28,30-35,66H,1-12H3;/q-1;. The quantitative estimate of drug-likeness (QED) is 0.174. The molecule has 0 spiro atoms. The van der Waals surface area contributed by atoms with Crippen LogP contribution in [-0.2, 0) is 42.7 Å². The molecule has 0 saturated heterocycles. The number of imidazole rings is 1. The molecule has 7 aromatic carbocycles. The van der Waals surface area contributed by atoms with Crippen molar-refractivity contribution in [3.63, 3.8) is 0 Å². The number of phenolic OH excluding ortho intramolecular Hbond substituents is 1. The van der Waals surface area contributed by atoms with Crippen LogP contribution in [0.1, 0.15) is 105 Å². The molecule has 0 radical (unpaired) electrons. The van der Waals surface area contributed by atoms with Crippen LogP contribution in [0.2, 0.25) is 0 Å². The maximum absolute atomic E-state index is 12.6. The van der Waals surface area contributed by atoms with Gasteiger partial charge < -0.3 is 5.11 Å². The number of hydrogen-bond donors (Lipinski definition) is 1. The molecule has 0 bridgehead atoms. The van der Waals surface area contributed by atoms with Gasteiger partial charge in [0.25, 0.3) is 0 Å². The van der Waals surface area contributed by atoms with Gasteiger partial charge in [-0.05, 0) is 73.4 Å². The SMILES string of the molecule is CC(C)(C)c1cc(-c2cccc3c2nc(-c2cc(C(C)(C)C)cc(C(C)(C)C)c2O)n3-c2ccc(C(C)(C)C)cc2-c2ccccc2)[c-]c(-c2ncnc3c2sc2c4ccccc4ccc32)c1.[Pt]. The second-order valence-corrected chi connectivity index (χ2v) is 23.3. The van der Waals surface area contributed by atoms with Crippen LogP contribution in [0.25, 0.3) is 92.7 Å². The maximum atomic E-state index is 12.6. The Morgan fingerprint density at radius 2 is 1.19 bits per heavy atom. The summed E-state index contributed by atoms with van der Waals surface area (Å²) in [7, 11) is 0. The van der Waals surface area contributed by atoms with Gasteiger partial charge in [-0.15, -0.1) is 40.7 Å². The third kappa shape index (κ3) is 8.28. The van der Waals surface area contributed by atoms with Crippen molar-refractivity contribution >= 4 is 53.4 Å². The van der Waals surface area contributed by atoms with Crippen molar-refractivity contribution in [3.8, 4) is 56.3 Å². The van der Waals surface area contributed by atoms with Gasteiger partial charge in [0.15, 0.2) is 0 Å². The molecule has 7 heteroatoms. The molecule has 3 aromatic heterocycles. The second-order valence-electron chi connectivity index (χ2n) is 22.3. The monoisotopic (exact) mass is 1090 g/mol. The van der Waals surface area contributed by atoms with Crippen molar-refractivity contribution < 1.29 is 26.2 Å². The summed E-state index contributed by atoms with van der Waals surface area (Å²) in [6, 6.07) is 49.7. The Morgan fingerprint density at radius 3 is 1.90 bits per heavy atom. The van der Waals surface area contributed by atoms with Crippen LogP contribution in [0.5, 0.6) is 5.75 Å². The van der Waals surface area contributed by atoms with E-state index in [1.54, 1.807) is 17.7 Å². The average molecular weight is 1090 g/mol. The molecule has 10 aromatic rings. The number of nitrogens with zero attached hydrogens (tertiary/aromatic N) is 4. The van der Waals surface area contributed by atoms with Crippen LogP contribution in [0.3, 0.4) is 0 Å². The molecule has 0 aliphatic rings. The van der Waals surface area contributed by atoms with Crippen molar-refractivity contribution in [1.29, 1.82) is 0 Å². The number of fused-ring (bicyclic) bond motifs is 6. The molecule has 0 saturated carbocycles. The summed E-state index contributed by atoms with van der Waals surface area (Å²) >= 11 is 1.75. The molecule has 0 aliphatic carbocycles. The van der Waals surface area contributed by atoms with E-state index in [4.69, 9.17) is 15.0 Å². The first-order chi connectivity index (χ1) is 31.7. The Morgan fingerprint density at radius 1 is 0.529 bits per heavy atom. The van der Waals surface area contributed by atoms with Gasteiger partial charge in [0.1, 0.15) is 17.9 Å². The summed E-state index contributed by atoms with van der Waals surface area (Å²) in [5.74, 6) is 0.929. The Kier molecular flexibility index (Phi) is 11.7. The molecule has 3 heterocycles. The molecule has 0 amide bonds. The summed E-state index contributed by atoms with van der Waals surface area (Å²) in [5, 5.41) is 16.2. The first-order valence-corrected chi connectivity index (χ1v) is 24.2. The third-order valence-electron chi connectivity index (χ3n) is 13.3. The van der Waals surface area contributed by atoms with E-state index in [1.807, 2.05) is 0 Å². The molecule has 1 N–H and O–H groups in total. The van der Waals surface area contributed by atoms with Gasteiger partial charge in [0.2, 0.25) is 0 Å². The number of hydrogen-bond acceptors (Lipinski definition) is 5. The molecule has 0 aliphatic heterocycles. The van der Waals surface area contributed by atoms with E-state index in [-0.39, 0.29) is 48.5 Å².